The summed E-state index contributed by atoms with van der Waals surface area (Å²) in [6, 6.07) is 8.20. The van der Waals surface area contributed by atoms with Crippen molar-refractivity contribution in [2.45, 2.75) is 106 Å². The Bertz CT molecular complexity index is 1450. The molecule has 0 radical (unpaired) electrons. The lowest BCUT2D eigenvalue weighted by atomic mass is 9.42. The normalized spacial score (nSPS) is 45.2. The van der Waals surface area contributed by atoms with Crippen molar-refractivity contribution in [3.8, 4) is 0 Å². The number of ether oxygens (including phenoxy) is 2. The number of thioether (sulfide) groups is 1. The summed E-state index contributed by atoms with van der Waals surface area (Å²) < 4.78 is 13.6. The Kier molecular flexibility index (Phi) is 7.86. The quantitative estimate of drug-likeness (QED) is 0.364. The highest BCUT2D eigenvalue weighted by Gasteiger charge is 2.78. The number of hydrogen-bond acceptors (Lipinski definition) is 9. The van der Waals surface area contributed by atoms with Crippen LogP contribution >= 0.6 is 11.8 Å². The topological polar surface area (TPSA) is 131 Å². The molecule has 1 saturated heterocycles. The maximum absolute atomic E-state index is 13.9. The third-order valence-corrected chi connectivity index (χ3v) is 14.3. The molecule has 0 spiro atoms. The number of fused-ring (bicyclic) bond motifs is 7. The summed E-state index contributed by atoms with van der Waals surface area (Å²) in [7, 11) is 0. The van der Waals surface area contributed by atoms with E-state index in [9.17, 15) is 19.8 Å². The first-order chi connectivity index (χ1) is 21.5. The zero-order valence-corrected chi connectivity index (χ0v) is 27.1. The molecular formula is C36H46N2O6S. The van der Waals surface area contributed by atoms with Crippen molar-refractivity contribution in [1.29, 1.82) is 0 Å². The third-order valence-electron chi connectivity index (χ3n) is 12.9. The first-order valence-electron chi connectivity index (χ1n) is 16.6. The van der Waals surface area contributed by atoms with E-state index < -0.39 is 47.1 Å². The van der Waals surface area contributed by atoms with E-state index >= 15 is 0 Å². The fraction of sp³-hybridized carbons (Fsp3) is 0.639. The molecule has 4 unspecified atom stereocenters. The first-order valence-corrected chi connectivity index (χ1v) is 17.6. The van der Waals surface area contributed by atoms with Gasteiger partial charge in [-0.3, -0.25) is 14.6 Å². The predicted molar refractivity (Wildman–Crippen MR) is 174 cm³/mol. The standard InChI is InChI=1S/C36H46N2O6S/c1-33-14-13-25(40)16-23(33)9-12-27-28-17-31-36(30(42)19-39,34(28,2)18-29(41)35(27,33)37)44-32(43-31)22-7-10-26(11-8-22)45-20-21-5-4-6-24(15-21)38-3/h4-6,13-16,22,26-29,31-32,39,41H,3,7-12,17-20,37H2,1-2H3/t22?,26?,27?,28-,29?,31+,32+,33?,34?,35-,36+/m0/s1. The van der Waals surface area contributed by atoms with E-state index in [2.05, 4.69) is 30.8 Å². The van der Waals surface area contributed by atoms with E-state index in [1.165, 1.54) is 5.56 Å². The van der Waals surface area contributed by atoms with E-state index in [1.807, 2.05) is 36.9 Å². The molecule has 4 saturated carbocycles. The maximum Gasteiger partial charge on any atom is 0.193 e. The number of hydrogen-bond donors (Lipinski definition) is 3. The highest BCUT2D eigenvalue weighted by atomic mass is 32.2. The van der Waals surface area contributed by atoms with Crippen molar-refractivity contribution >= 4 is 35.7 Å². The molecule has 5 aliphatic carbocycles. The van der Waals surface area contributed by atoms with Crippen LogP contribution in [0.3, 0.4) is 0 Å². The van der Waals surface area contributed by atoms with Crippen molar-refractivity contribution in [2.75, 3.05) is 6.61 Å². The lowest BCUT2D eigenvalue weighted by Gasteiger charge is -2.65. The Hall–Kier alpha value is -2.14. The van der Waals surface area contributed by atoms with E-state index in [0.29, 0.717) is 24.5 Å². The van der Waals surface area contributed by atoms with Gasteiger partial charge in [-0.25, -0.2) is 0 Å². The van der Waals surface area contributed by atoms with Crippen LogP contribution < -0.4 is 5.73 Å². The summed E-state index contributed by atoms with van der Waals surface area (Å²) >= 11 is 1.97. The van der Waals surface area contributed by atoms with Crippen molar-refractivity contribution < 1.29 is 29.3 Å². The van der Waals surface area contributed by atoms with Crippen LogP contribution in [0.4, 0.5) is 5.69 Å². The van der Waals surface area contributed by atoms with Crippen molar-refractivity contribution in [1.82, 2.24) is 0 Å². The second-order valence-corrected chi connectivity index (χ2v) is 16.1. The van der Waals surface area contributed by atoms with Gasteiger partial charge in [0.15, 0.2) is 23.5 Å². The van der Waals surface area contributed by atoms with Crippen LogP contribution in [-0.4, -0.2) is 70.0 Å². The highest BCUT2D eigenvalue weighted by molar-refractivity contribution is 7.99. The van der Waals surface area contributed by atoms with Gasteiger partial charge in [0, 0.05) is 27.8 Å². The second kappa shape index (κ2) is 11.2. The monoisotopic (exact) mass is 634 g/mol. The summed E-state index contributed by atoms with van der Waals surface area (Å²) in [6.07, 6.45) is 9.47. The van der Waals surface area contributed by atoms with Crippen LogP contribution in [0.5, 0.6) is 0 Å². The van der Waals surface area contributed by atoms with Gasteiger partial charge in [0.1, 0.15) is 6.61 Å². The molecule has 1 aliphatic heterocycles. The number of carbonyl (C=O) groups excluding carboxylic acids is 2. The largest absolute Gasteiger partial charge is 0.391 e. The number of aliphatic hydroxyl groups is 2. The summed E-state index contributed by atoms with van der Waals surface area (Å²) in [6.45, 7) is 7.09. The SMILES string of the molecule is C=Nc1cccc(CSC2CCC([C@@H]3O[C@@H]4C[C@H]5C6CCC7=CC(=O)C=CC7(C)[C@@]6(N)C(O)CC5(C)[C@]4(C(=O)CO)O3)CC2)c1. The molecule has 1 aromatic rings. The van der Waals surface area contributed by atoms with Crippen LogP contribution in [-0.2, 0) is 24.8 Å². The minimum atomic E-state index is -1.33. The second-order valence-electron chi connectivity index (χ2n) is 14.8. The van der Waals surface area contributed by atoms with Gasteiger partial charge in [-0.05, 0) is 99.8 Å². The van der Waals surface area contributed by atoms with Crippen molar-refractivity contribution in [3.05, 3.63) is 53.6 Å². The number of allylic oxidation sites excluding steroid dienone is 2. The van der Waals surface area contributed by atoms with Crippen molar-refractivity contribution in [3.63, 3.8) is 0 Å². The maximum atomic E-state index is 13.9. The Morgan fingerprint density at radius 3 is 2.69 bits per heavy atom. The molecule has 0 aromatic heterocycles. The van der Waals surface area contributed by atoms with Gasteiger partial charge < -0.3 is 25.4 Å². The molecule has 6 aliphatic rings. The van der Waals surface area contributed by atoms with Crippen LogP contribution in [0.15, 0.2) is 53.1 Å². The average Bonchev–Trinajstić information content (AvgIpc) is 3.54. The third kappa shape index (κ3) is 4.48. The molecule has 7 rings (SSSR count). The molecule has 8 nitrogen and oxygen atoms in total. The summed E-state index contributed by atoms with van der Waals surface area (Å²) in [4.78, 5) is 30.1. The summed E-state index contributed by atoms with van der Waals surface area (Å²) in [5.74, 6) is 0.542. The molecule has 1 heterocycles. The van der Waals surface area contributed by atoms with Gasteiger partial charge in [0.25, 0.3) is 0 Å². The molecule has 4 N–H and O–H groups in total. The summed E-state index contributed by atoms with van der Waals surface area (Å²) in [5, 5.41) is 22.8. The van der Waals surface area contributed by atoms with Crippen LogP contribution in [0.2, 0.25) is 0 Å². The Balaban J connectivity index is 1.09. The van der Waals surface area contributed by atoms with Crippen LogP contribution in [0.25, 0.3) is 0 Å². The van der Waals surface area contributed by atoms with Gasteiger partial charge in [-0.15, -0.1) is 0 Å². The van der Waals surface area contributed by atoms with E-state index in [4.69, 9.17) is 15.2 Å². The number of aliphatic imine (C=N–C) groups is 1. The number of carbonyl (C=O) groups is 2. The molecule has 0 bridgehead atoms. The molecule has 0 amide bonds. The average molecular weight is 635 g/mol. The first kappa shape index (κ1) is 31.5. The Morgan fingerprint density at radius 1 is 1.18 bits per heavy atom. The Labute approximate surface area is 269 Å². The number of ketones is 2. The van der Waals surface area contributed by atoms with E-state index in [-0.39, 0.29) is 35.7 Å². The molecule has 1 aromatic carbocycles. The minimum Gasteiger partial charge on any atom is -0.391 e. The molecular weight excluding hydrogens is 588 g/mol. The lowest BCUT2D eigenvalue weighted by Crippen LogP contribution is -2.75. The molecule has 9 heteroatoms. The molecule has 5 fully saturated rings. The number of nitrogens with two attached hydrogens (primary N) is 1. The van der Waals surface area contributed by atoms with Crippen LogP contribution in [0.1, 0.15) is 70.8 Å². The fourth-order valence-corrected chi connectivity index (χ4v) is 11.6. The molecule has 45 heavy (non-hydrogen) atoms. The van der Waals surface area contributed by atoms with Crippen LogP contribution in [0, 0.1) is 28.6 Å². The predicted octanol–water partition coefficient (Wildman–Crippen LogP) is 4.82. The zero-order valence-electron chi connectivity index (χ0n) is 26.3. The van der Waals surface area contributed by atoms with E-state index in [0.717, 1.165) is 42.7 Å². The van der Waals surface area contributed by atoms with Gasteiger partial charge in [-0.2, -0.15) is 11.8 Å². The lowest BCUT2D eigenvalue weighted by molar-refractivity contribution is -0.213. The molecule has 242 valence electrons. The van der Waals surface area contributed by atoms with E-state index in [1.54, 1.807) is 12.2 Å². The highest BCUT2D eigenvalue weighted by Crippen LogP contribution is 2.70. The van der Waals surface area contributed by atoms with Gasteiger partial charge in [-0.1, -0.05) is 37.6 Å². The fourth-order valence-electron chi connectivity index (χ4n) is 10.4. The number of Topliss-reactive ketones (excluding diaryl/α,β-unsaturated/α-hetero) is 1. The number of benzene rings is 1. The number of rotatable bonds is 7. The zero-order chi connectivity index (χ0) is 31.8. The summed E-state index contributed by atoms with van der Waals surface area (Å²) in [5.41, 5.74) is 6.68. The minimum absolute atomic E-state index is 0.0427. The van der Waals surface area contributed by atoms with Crippen molar-refractivity contribution in [2.24, 2.45) is 39.3 Å². The smallest absolute Gasteiger partial charge is 0.193 e. The van der Waals surface area contributed by atoms with Gasteiger partial charge >= 0.3 is 0 Å². The Morgan fingerprint density at radius 2 is 1.96 bits per heavy atom. The number of nitrogens with zero attached hydrogens (tertiary/aromatic N) is 1. The van der Waals surface area contributed by atoms with Gasteiger partial charge in [0.2, 0.25) is 0 Å². The number of aliphatic hydroxyl groups excluding tert-OH is 2. The van der Waals surface area contributed by atoms with Gasteiger partial charge in [0.05, 0.1) is 23.4 Å². The molecule has 9 atom stereocenters.